The van der Waals surface area contributed by atoms with Crippen molar-refractivity contribution >= 4 is 35.6 Å². The minimum Gasteiger partial charge on any atom is -0.480 e. The van der Waals surface area contributed by atoms with Crippen molar-refractivity contribution in [2.45, 2.75) is 50.6 Å². The Bertz CT molecular complexity index is 744. The molecular formula is C24H36N4O8. The van der Waals surface area contributed by atoms with Crippen molar-refractivity contribution in [3.05, 3.63) is 50.6 Å². The molecule has 0 aliphatic rings. The molecule has 0 saturated carbocycles. The van der Waals surface area contributed by atoms with Gasteiger partial charge in [-0.3, -0.25) is 19.2 Å². The van der Waals surface area contributed by atoms with Crippen LogP contribution in [0.25, 0.3) is 0 Å². The van der Waals surface area contributed by atoms with Crippen molar-refractivity contribution in [3.63, 3.8) is 0 Å². The van der Waals surface area contributed by atoms with Crippen LogP contribution in [0.1, 0.15) is 38.5 Å². The molecule has 0 aliphatic carbocycles. The van der Waals surface area contributed by atoms with E-state index in [1.54, 1.807) is 0 Å². The molecule has 200 valence electrons. The van der Waals surface area contributed by atoms with Gasteiger partial charge in [-0.1, -0.05) is 26.3 Å². The summed E-state index contributed by atoms with van der Waals surface area (Å²) in [5, 5.41) is 27.5. The first-order valence-corrected chi connectivity index (χ1v) is 11.1. The number of aliphatic carboxylic acids is 2. The number of carbonyl (C=O) groups is 6. The van der Waals surface area contributed by atoms with Gasteiger partial charge in [0, 0.05) is 13.1 Å². The van der Waals surface area contributed by atoms with Gasteiger partial charge < -0.3 is 31.5 Å². The van der Waals surface area contributed by atoms with E-state index in [4.69, 9.17) is 10.2 Å². The summed E-state index contributed by atoms with van der Waals surface area (Å²) < 4.78 is 0. The summed E-state index contributed by atoms with van der Waals surface area (Å²) in [5.74, 6) is -3.71. The van der Waals surface area contributed by atoms with Crippen molar-refractivity contribution in [3.8, 4) is 0 Å². The van der Waals surface area contributed by atoms with E-state index < -0.39 is 35.8 Å². The minimum absolute atomic E-state index is 0.259. The van der Waals surface area contributed by atoms with Crippen LogP contribution in [0.4, 0.5) is 0 Å². The highest BCUT2D eigenvalue weighted by atomic mass is 16.4. The fourth-order valence-corrected chi connectivity index (χ4v) is 2.49. The summed E-state index contributed by atoms with van der Waals surface area (Å²) in [6.45, 7) is 14.0. The van der Waals surface area contributed by atoms with Crippen LogP contribution < -0.4 is 21.3 Å². The van der Waals surface area contributed by atoms with E-state index in [1.165, 1.54) is 12.2 Å². The first kappa shape index (κ1) is 34.0. The molecule has 0 aromatic rings. The third kappa shape index (κ3) is 19.3. The van der Waals surface area contributed by atoms with Crippen LogP contribution >= 0.6 is 0 Å². The summed E-state index contributed by atoms with van der Waals surface area (Å²) in [6, 6.07) is -1.85. The van der Waals surface area contributed by atoms with Crippen LogP contribution in [0.3, 0.4) is 0 Å². The molecule has 0 spiro atoms. The topological polar surface area (TPSA) is 191 Å². The van der Waals surface area contributed by atoms with Crippen molar-refractivity contribution in [2.24, 2.45) is 0 Å². The molecule has 4 amide bonds. The Labute approximate surface area is 210 Å². The fourth-order valence-electron chi connectivity index (χ4n) is 2.49. The van der Waals surface area contributed by atoms with Crippen LogP contribution in [-0.2, 0) is 28.8 Å². The Morgan fingerprint density at radius 3 is 1.11 bits per heavy atom. The smallest absolute Gasteiger partial charge is 0.326 e. The van der Waals surface area contributed by atoms with Crippen molar-refractivity contribution in [1.82, 2.24) is 21.3 Å². The maximum Gasteiger partial charge on any atom is 0.326 e. The maximum atomic E-state index is 11.0. The summed E-state index contributed by atoms with van der Waals surface area (Å²) >= 11 is 0. The van der Waals surface area contributed by atoms with Crippen LogP contribution in [0.5, 0.6) is 0 Å². The number of carbonyl (C=O) groups excluding carboxylic acids is 4. The van der Waals surface area contributed by atoms with Gasteiger partial charge in [-0.2, -0.15) is 0 Å². The molecule has 0 fully saturated rings. The highest BCUT2D eigenvalue weighted by Crippen LogP contribution is 2.02. The Morgan fingerprint density at radius 1 is 0.556 bits per heavy atom. The Hall–Kier alpha value is -4.22. The van der Waals surface area contributed by atoms with E-state index in [0.717, 1.165) is 12.2 Å². The molecule has 2 unspecified atom stereocenters. The number of unbranched alkanes of at least 4 members (excludes halogenated alkanes) is 2. The molecule has 0 rings (SSSR count). The van der Waals surface area contributed by atoms with Crippen LogP contribution in [0, 0.1) is 0 Å². The lowest BCUT2D eigenvalue weighted by molar-refractivity contribution is -0.141. The van der Waals surface area contributed by atoms with Crippen molar-refractivity contribution < 1.29 is 39.0 Å². The predicted molar refractivity (Wildman–Crippen MR) is 134 cm³/mol. The average Bonchev–Trinajstić information content (AvgIpc) is 2.86. The molecule has 12 nitrogen and oxygen atoms in total. The standard InChI is InChI=1S/2C12H18N2O4/c2*1-3-10(15)13-8-6-5-7-9(12(17)18)14-11(16)4-2/h2*3-4,9H,1-2,5-8H2,(H,13,15)(H,14,16)(H,17,18). The summed E-state index contributed by atoms with van der Waals surface area (Å²) in [4.78, 5) is 65.3. The summed E-state index contributed by atoms with van der Waals surface area (Å²) in [6.07, 6.45) is 7.42. The quantitative estimate of drug-likeness (QED) is 0.113. The molecule has 0 aromatic carbocycles. The number of amides is 4. The number of rotatable bonds is 18. The first-order valence-electron chi connectivity index (χ1n) is 11.1. The van der Waals surface area contributed by atoms with E-state index in [-0.39, 0.29) is 11.8 Å². The first-order chi connectivity index (χ1) is 17.0. The lowest BCUT2D eigenvalue weighted by Gasteiger charge is -2.12. The SMILES string of the molecule is C=CC(=O)NCCCCC(NC(=O)C=C)C(=O)O.C=CC(=O)NCCCCC(NC(=O)C=C)C(=O)O. The molecule has 0 bridgehead atoms. The lowest BCUT2D eigenvalue weighted by Crippen LogP contribution is -2.39. The number of hydrogen-bond donors (Lipinski definition) is 6. The highest BCUT2D eigenvalue weighted by molar-refractivity contribution is 5.91. The monoisotopic (exact) mass is 508 g/mol. The predicted octanol–water partition coefficient (Wildman–Crippen LogP) is 0.429. The number of carboxylic acids is 2. The third-order valence-corrected chi connectivity index (χ3v) is 4.41. The number of hydrogen-bond acceptors (Lipinski definition) is 6. The van der Waals surface area contributed by atoms with E-state index in [1.807, 2.05) is 0 Å². The van der Waals surface area contributed by atoms with Crippen LogP contribution in [0.2, 0.25) is 0 Å². The van der Waals surface area contributed by atoms with Gasteiger partial charge in [-0.15, -0.1) is 0 Å². The zero-order valence-corrected chi connectivity index (χ0v) is 20.3. The van der Waals surface area contributed by atoms with Gasteiger partial charge in [0.05, 0.1) is 0 Å². The molecule has 12 heteroatoms. The van der Waals surface area contributed by atoms with Gasteiger partial charge in [0.15, 0.2) is 0 Å². The van der Waals surface area contributed by atoms with Gasteiger partial charge in [-0.05, 0) is 62.8 Å². The number of carboxylic acid groups (broad SMARTS) is 2. The van der Waals surface area contributed by atoms with Gasteiger partial charge in [0.25, 0.3) is 0 Å². The van der Waals surface area contributed by atoms with Crippen molar-refractivity contribution in [1.29, 1.82) is 0 Å². The third-order valence-electron chi connectivity index (χ3n) is 4.41. The Balaban J connectivity index is 0. The molecule has 0 aliphatic heterocycles. The molecular weight excluding hydrogens is 472 g/mol. The zero-order chi connectivity index (χ0) is 27.9. The van der Waals surface area contributed by atoms with Gasteiger partial charge in [0.2, 0.25) is 23.6 Å². The minimum atomic E-state index is -1.08. The maximum absolute atomic E-state index is 11.0. The van der Waals surface area contributed by atoms with Gasteiger partial charge >= 0.3 is 11.9 Å². The van der Waals surface area contributed by atoms with E-state index >= 15 is 0 Å². The Morgan fingerprint density at radius 2 is 0.861 bits per heavy atom. The van der Waals surface area contributed by atoms with E-state index in [0.29, 0.717) is 51.6 Å². The van der Waals surface area contributed by atoms with E-state index in [9.17, 15) is 28.8 Å². The largest absolute Gasteiger partial charge is 0.480 e. The van der Waals surface area contributed by atoms with Crippen molar-refractivity contribution in [2.75, 3.05) is 13.1 Å². The highest BCUT2D eigenvalue weighted by Gasteiger charge is 2.18. The van der Waals surface area contributed by atoms with Gasteiger partial charge in [-0.25, -0.2) is 9.59 Å². The molecule has 0 radical (unpaired) electrons. The lowest BCUT2D eigenvalue weighted by atomic mass is 10.1. The normalized spacial score (nSPS) is 11.1. The Kier molecular flexibility index (Phi) is 20.1. The van der Waals surface area contributed by atoms with Crippen LogP contribution in [0.15, 0.2) is 50.6 Å². The second-order valence-electron chi connectivity index (χ2n) is 7.19. The fraction of sp³-hybridized carbons (Fsp3) is 0.417. The molecule has 2 atom stereocenters. The van der Waals surface area contributed by atoms with Gasteiger partial charge in [0.1, 0.15) is 12.1 Å². The molecule has 0 aromatic heterocycles. The molecule has 0 saturated heterocycles. The summed E-state index contributed by atoms with van der Waals surface area (Å²) in [7, 11) is 0. The molecule has 6 N–H and O–H groups in total. The summed E-state index contributed by atoms with van der Waals surface area (Å²) in [5.41, 5.74) is 0. The second kappa shape index (κ2) is 21.3. The average molecular weight is 509 g/mol. The van der Waals surface area contributed by atoms with E-state index in [2.05, 4.69) is 47.6 Å². The second-order valence-corrected chi connectivity index (χ2v) is 7.19. The molecule has 0 heterocycles. The van der Waals surface area contributed by atoms with Crippen LogP contribution in [-0.4, -0.2) is 71.0 Å². The number of nitrogens with one attached hydrogen (secondary N) is 4. The zero-order valence-electron chi connectivity index (χ0n) is 20.3. The molecule has 36 heavy (non-hydrogen) atoms.